The van der Waals surface area contributed by atoms with Crippen LogP contribution in [0.4, 0.5) is 10.5 Å². The van der Waals surface area contributed by atoms with Crippen molar-refractivity contribution < 1.29 is 14.3 Å². The van der Waals surface area contributed by atoms with Crippen LogP contribution < -0.4 is 15.5 Å². The van der Waals surface area contributed by atoms with E-state index in [0.29, 0.717) is 22.3 Å². The predicted molar refractivity (Wildman–Crippen MR) is 186 cm³/mol. The van der Waals surface area contributed by atoms with E-state index in [0.717, 1.165) is 78.7 Å². The van der Waals surface area contributed by atoms with Gasteiger partial charge in [-0.05, 0) is 82.8 Å². The molecule has 0 saturated carbocycles. The second kappa shape index (κ2) is 15.5. The molecule has 3 heterocycles. The van der Waals surface area contributed by atoms with Crippen molar-refractivity contribution in [2.24, 2.45) is 0 Å². The maximum absolute atomic E-state index is 13.2. The number of benzene rings is 2. The third-order valence-corrected chi connectivity index (χ3v) is 10.5. The molecule has 2 N–H and O–H groups in total. The molecule has 0 spiro atoms. The van der Waals surface area contributed by atoms with Crippen molar-refractivity contribution in [3.8, 4) is 11.3 Å². The number of hydrogen-bond acceptors (Lipinski definition) is 8. The minimum absolute atomic E-state index is 0.0233. The van der Waals surface area contributed by atoms with E-state index in [4.69, 9.17) is 32.9 Å². The Kier molecular flexibility index (Phi) is 11.7. The van der Waals surface area contributed by atoms with E-state index < -0.39 is 5.60 Å². The topological polar surface area (TPSA) is 86.8 Å². The van der Waals surface area contributed by atoms with Gasteiger partial charge in [-0.1, -0.05) is 53.2 Å². The summed E-state index contributed by atoms with van der Waals surface area (Å²) in [5.41, 5.74) is 3.07. The summed E-state index contributed by atoms with van der Waals surface area (Å²) in [5, 5.41) is 9.83. The van der Waals surface area contributed by atoms with Crippen LogP contribution in [0.2, 0.25) is 10.0 Å². The number of halogens is 2. The number of carbonyl (C=O) groups is 2. The molecular formula is C33H41Cl2N5O3S2. The molecule has 5 rings (SSSR count). The first-order chi connectivity index (χ1) is 21.5. The number of carbonyl (C=O) groups excluding carboxylic acids is 2. The van der Waals surface area contributed by atoms with Gasteiger partial charge in [0.15, 0.2) is 4.34 Å². The van der Waals surface area contributed by atoms with Gasteiger partial charge in [0.2, 0.25) is 5.91 Å². The summed E-state index contributed by atoms with van der Waals surface area (Å²) in [6.45, 7) is 9.79. The first-order valence-electron chi connectivity index (χ1n) is 15.4. The summed E-state index contributed by atoms with van der Waals surface area (Å²) >= 11 is 15.2. The number of aromatic nitrogens is 1. The van der Waals surface area contributed by atoms with Crippen LogP contribution in [0.5, 0.6) is 0 Å². The Morgan fingerprint density at radius 2 is 1.93 bits per heavy atom. The lowest BCUT2D eigenvalue weighted by atomic mass is 10.0. The van der Waals surface area contributed by atoms with Gasteiger partial charge < -0.3 is 15.4 Å². The first kappa shape index (κ1) is 34.0. The van der Waals surface area contributed by atoms with E-state index in [1.165, 1.54) is 23.1 Å². The van der Waals surface area contributed by atoms with Crippen molar-refractivity contribution in [3.63, 3.8) is 0 Å². The van der Waals surface area contributed by atoms with Gasteiger partial charge in [0, 0.05) is 54.9 Å². The van der Waals surface area contributed by atoms with Crippen molar-refractivity contribution in [1.29, 1.82) is 0 Å². The van der Waals surface area contributed by atoms with Gasteiger partial charge in [-0.25, -0.2) is 9.78 Å². The predicted octanol–water partition coefficient (Wildman–Crippen LogP) is 7.48. The van der Waals surface area contributed by atoms with E-state index in [2.05, 4.69) is 15.5 Å². The summed E-state index contributed by atoms with van der Waals surface area (Å²) in [5.74, 6) is 0.340. The van der Waals surface area contributed by atoms with Crippen LogP contribution in [0.15, 0.2) is 52.2 Å². The number of likely N-dealkylation sites (tertiary alicyclic amines) is 1. The highest BCUT2D eigenvalue weighted by atomic mass is 35.5. The van der Waals surface area contributed by atoms with Crippen molar-refractivity contribution in [2.45, 2.75) is 75.0 Å². The molecule has 45 heavy (non-hydrogen) atoms. The van der Waals surface area contributed by atoms with Crippen molar-refractivity contribution >= 4 is 64.0 Å². The Bertz CT molecular complexity index is 1470. The van der Waals surface area contributed by atoms with Crippen molar-refractivity contribution in [2.75, 3.05) is 36.8 Å². The summed E-state index contributed by atoms with van der Waals surface area (Å²) in [7, 11) is 0. The van der Waals surface area contributed by atoms with E-state index >= 15 is 0 Å². The Morgan fingerprint density at radius 1 is 1.13 bits per heavy atom. The molecule has 1 atom stereocenters. The zero-order valence-corrected chi connectivity index (χ0v) is 29.1. The molecule has 3 aromatic rings. The summed E-state index contributed by atoms with van der Waals surface area (Å²) in [6.07, 6.45) is 3.59. The second-order valence-electron chi connectivity index (χ2n) is 12.6. The van der Waals surface area contributed by atoms with Crippen LogP contribution in [-0.2, 0) is 16.1 Å². The molecule has 2 aromatic carbocycles. The van der Waals surface area contributed by atoms with E-state index in [-0.39, 0.29) is 24.1 Å². The Morgan fingerprint density at radius 3 is 2.64 bits per heavy atom. The highest BCUT2D eigenvalue weighted by Crippen LogP contribution is 2.31. The third kappa shape index (κ3) is 10.1. The number of piperidine rings is 1. The first-order valence-corrected chi connectivity index (χ1v) is 18.0. The largest absolute Gasteiger partial charge is 0.443 e. The van der Waals surface area contributed by atoms with Gasteiger partial charge in [-0.2, -0.15) is 0 Å². The number of thiazole rings is 1. The molecule has 2 aliphatic heterocycles. The maximum Gasteiger partial charge on any atom is 0.414 e. The molecule has 2 aliphatic rings. The molecule has 0 unspecified atom stereocenters. The molecule has 12 heteroatoms. The molecule has 8 nitrogen and oxygen atoms in total. The zero-order valence-electron chi connectivity index (χ0n) is 26.0. The fraction of sp³-hybridized carbons (Fsp3) is 0.485. The summed E-state index contributed by atoms with van der Waals surface area (Å²) in [4.78, 5) is 34.9. The molecule has 242 valence electrons. The second-order valence-corrected chi connectivity index (χ2v) is 15.5. The molecule has 2 amide bonds. The molecular weight excluding hydrogens is 649 g/mol. The van der Waals surface area contributed by atoms with Gasteiger partial charge in [-0.3, -0.25) is 14.6 Å². The number of ether oxygens (including phenoxy) is 1. The monoisotopic (exact) mass is 689 g/mol. The average molecular weight is 691 g/mol. The van der Waals surface area contributed by atoms with Gasteiger partial charge in [-0.15, -0.1) is 11.3 Å². The van der Waals surface area contributed by atoms with Crippen LogP contribution in [0, 0.1) is 0 Å². The normalized spacial score (nSPS) is 17.8. The van der Waals surface area contributed by atoms with Gasteiger partial charge >= 0.3 is 6.09 Å². The molecule has 0 aliphatic carbocycles. The number of nitrogens with zero attached hydrogens (tertiary/aromatic N) is 3. The van der Waals surface area contributed by atoms with Crippen molar-refractivity contribution in [3.05, 3.63) is 63.5 Å². The number of amides is 2. The van der Waals surface area contributed by atoms with Crippen LogP contribution in [-0.4, -0.2) is 71.5 Å². The number of rotatable bonds is 10. The van der Waals surface area contributed by atoms with Gasteiger partial charge in [0.05, 0.1) is 21.5 Å². The molecule has 1 aromatic heterocycles. The maximum atomic E-state index is 13.2. The highest BCUT2D eigenvalue weighted by molar-refractivity contribution is 8.01. The van der Waals surface area contributed by atoms with E-state index in [1.807, 2.05) is 68.6 Å². The lowest BCUT2D eigenvalue weighted by Crippen LogP contribution is -2.44. The van der Waals surface area contributed by atoms with Gasteiger partial charge in [0.1, 0.15) is 5.60 Å². The number of hydrogen-bond donors (Lipinski definition) is 2. The molecule has 0 radical (unpaired) electrons. The molecule has 0 bridgehead atoms. The standard InChI is InChI=1S/C33H41Cl2N5O3S2/c1-33(2,3)43-32(42)40(19-25-7-5-13-36-25)26-8-4-6-23(17-26)29-20-44-31(38-29)45-21-30(41)37-24-11-14-39(15-12-24)18-22-9-10-27(34)28(35)16-22/h4,6,8-10,16-17,20,24-25,36H,5,7,11-15,18-19,21H2,1-3H3,(H,37,41)/t25-/m0/s1. The Hall–Kier alpha value is -2.34. The summed E-state index contributed by atoms with van der Waals surface area (Å²) < 4.78 is 6.59. The van der Waals surface area contributed by atoms with Crippen LogP contribution in [0.25, 0.3) is 11.3 Å². The molecule has 2 fully saturated rings. The molecule has 2 saturated heterocycles. The minimum Gasteiger partial charge on any atom is -0.443 e. The van der Waals surface area contributed by atoms with E-state index in [9.17, 15) is 9.59 Å². The highest BCUT2D eigenvalue weighted by Gasteiger charge is 2.28. The van der Waals surface area contributed by atoms with Crippen LogP contribution >= 0.6 is 46.3 Å². The van der Waals surface area contributed by atoms with Crippen LogP contribution in [0.3, 0.4) is 0 Å². The fourth-order valence-corrected chi connectivity index (χ4v) is 7.52. The third-order valence-electron chi connectivity index (χ3n) is 7.79. The lowest BCUT2D eigenvalue weighted by Gasteiger charge is -2.32. The van der Waals surface area contributed by atoms with Crippen molar-refractivity contribution in [1.82, 2.24) is 20.5 Å². The smallest absolute Gasteiger partial charge is 0.414 e. The zero-order chi connectivity index (χ0) is 32.0. The number of thioether (sulfide) groups is 1. The SMILES string of the molecule is CC(C)(C)OC(=O)N(C[C@@H]1CCCN1)c1cccc(-c2csc(SCC(=O)NC3CCN(Cc4ccc(Cl)c(Cl)c4)CC3)n2)c1. The van der Waals surface area contributed by atoms with Crippen LogP contribution in [0.1, 0.15) is 52.0 Å². The fourth-order valence-electron chi connectivity index (χ4n) is 5.55. The number of anilines is 1. The van der Waals surface area contributed by atoms with E-state index in [1.54, 1.807) is 4.90 Å². The minimum atomic E-state index is -0.589. The Labute approximate surface area is 284 Å². The average Bonchev–Trinajstić information content (AvgIpc) is 3.70. The number of nitrogens with one attached hydrogen (secondary N) is 2. The quantitative estimate of drug-likeness (QED) is 0.213. The lowest BCUT2D eigenvalue weighted by molar-refractivity contribution is -0.119. The van der Waals surface area contributed by atoms with Gasteiger partial charge in [0.25, 0.3) is 0 Å². The summed E-state index contributed by atoms with van der Waals surface area (Å²) in [6, 6.07) is 14.0. The Balaban J connectivity index is 1.12.